The molecule has 3 aromatic rings. The van der Waals surface area contributed by atoms with Crippen LogP contribution in [0.5, 0.6) is 5.75 Å². The summed E-state index contributed by atoms with van der Waals surface area (Å²) in [6.45, 7) is 9.62. The number of aliphatic hydroxyl groups is 3. The zero-order valence-electron chi connectivity index (χ0n) is 37.4. The van der Waals surface area contributed by atoms with E-state index in [1.54, 1.807) is 0 Å². The first-order valence-corrected chi connectivity index (χ1v) is 23.9. The van der Waals surface area contributed by atoms with Crippen LogP contribution in [0.4, 0.5) is 24.7 Å². The Kier molecular flexibility index (Phi) is 13.4. The summed E-state index contributed by atoms with van der Waals surface area (Å²) < 4.78 is 45.1. The molecule has 0 bridgehead atoms. The van der Waals surface area contributed by atoms with Crippen molar-refractivity contribution in [1.29, 1.82) is 0 Å². The van der Waals surface area contributed by atoms with Crippen molar-refractivity contribution in [3.8, 4) is 5.75 Å². The number of piperazine rings is 1. The number of amides is 1. The number of phenols is 1. The molecule has 65 heavy (non-hydrogen) atoms. The van der Waals surface area contributed by atoms with Gasteiger partial charge in [0.15, 0.2) is 0 Å². The average Bonchev–Trinajstić information content (AvgIpc) is 3.57. The Bertz CT molecular complexity index is 2120. The van der Waals surface area contributed by atoms with E-state index in [2.05, 4.69) is 48.3 Å². The molecule has 0 unspecified atom stereocenters. The van der Waals surface area contributed by atoms with Gasteiger partial charge >= 0.3 is 6.18 Å². The predicted molar refractivity (Wildman–Crippen MR) is 240 cm³/mol. The van der Waals surface area contributed by atoms with Gasteiger partial charge < -0.3 is 45.6 Å². The average molecular weight is 906 g/mol. The molecule has 16 heteroatoms. The first-order valence-electron chi connectivity index (χ1n) is 23.9. The van der Waals surface area contributed by atoms with E-state index in [4.69, 9.17) is 4.74 Å². The maximum absolute atomic E-state index is 13.2. The number of alkyl halides is 3. The maximum atomic E-state index is 13.2. The molecule has 2 aromatic carbocycles. The number of phenolic OH excluding ortho intramolecular Hbond substituents is 1. The fraction of sp³-hybridized carbons (Fsp3) is 0.653. The number of ether oxygens (including phenoxy) is 1. The lowest BCUT2D eigenvalue weighted by atomic mass is 9.53. The third kappa shape index (κ3) is 9.71. The van der Waals surface area contributed by atoms with E-state index in [0.717, 1.165) is 115 Å². The fourth-order valence-electron chi connectivity index (χ4n) is 12.7. The standard InChI is InChI=1S/C49H66F3N7O6/c1-47-17-11-37-36-10-8-35(60)27-33(36)5-9-38(37)39(47)12-18-48(47,64)16-2-19-53-45(63)32-3-6-34(7-4-32)59-21-14-31(15-22-59)28-57-23-25-58(26-24-57)29-41-44(62)43(61)40(30-65-41)55-42-13-20-54-46(56-42)49(50,51)52/h3-4,6-8,10,13,20,27,31,37-41,43-44,60-62,64H,2,5,9,11-12,14-19,21-26,28-30H2,1H3,(H,53,63)(H,54,55,56)/t37-,38-,39+,40+,41-,43-,44+,47+,48+/m1/s1. The molecule has 5 fully saturated rings. The molecule has 3 aliphatic carbocycles. The van der Waals surface area contributed by atoms with E-state index >= 15 is 0 Å². The van der Waals surface area contributed by atoms with Crippen LogP contribution in [0.15, 0.2) is 54.7 Å². The largest absolute Gasteiger partial charge is 0.508 e. The lowest BCUT2D eigenvalue weighted by Crippen LogP contribution is -2.59. The molecule has 13 nitrogen and oxygen atoms in total. The van der Waals surface area contributed by atoms with Crippen molar-refractivity contribution < 1.29 is 43.1 Å². The number of halogens is 3. The second kappa shape index (κ2) is 18.9. The number of carbonyl (C=O) groups excluding carboxylic acids is 1. The van der Waals surface area contributed by atoms with Crippen LogP contribution in [-0.4, -0.2) is 142 Å². The summed E-state index contributed by atoms with van der Waals surface area (Å²) in [4.78, 5) is 27.1. The number of hydrogen-bond donors (Lipinski definition) is 6. The van der Waals surface area contributed by atoms with Gasteiger partial charge in [0.2, 0.25) is 5.82 Å². The molecule has 9 atom stereocenters. The van der Waals surface area contributed by atoms with E-state index in [0.29, 0.717) is 54.5 Å². The molecular weight excluding hydrogens is 840 g/mol. The van der Waals surface area contributed by atoms with Crippen LogP contribution in [0, 0.1) is 23.2 Å². The van der Waals surface area contributed by atoms with Crippen molar-refractivity contribution in [2.75, 3.05) is 75.7 Å². The van der Waals surface area contributed by atoms with E-state index in [-0.39, 0.29) is 23.7 Å². The molecule has 6 aliphatic rings. The molecule has 9 rings (SSSR count). The topological polar surface area (TPSA) is 167 Å². The van der Waals surface area contributed by atoms with Crippen molar-refractivity contribution in [3.63, 3.8) is 0 Å². The van der Waals surface area contributed by atoms with Crippen molar-refractivity contribution in [2.24, 2.45) is 23.2 Å². The molecule has 3 saturated heterocycles. The van der Waals surface area contributed by atoms with Gasteiger partial charge in [0.25, 0.3) is 5.91 Å². The smallest absolute Gasteiger partial charge is 0.451 e. The van der Waals surface area contributed by atoms with Crippen molar-refractivity contribution >= 4 is 17.4 Å². The van der Waals surface area contributed by atoms with Gasteiger partial charge in [-0.25, -0.2) is 9.97 Å². The highest BCUT2D eigenvalue weighted by Crippen LogP contribution is 2.65. The van der Waals surface area contributed by atoms with Gasteiger partial charge in [-0.05, 0) is 147 Å². The molecule has 3 aliphatic heterocycles. The first kappa shape index (κ1) is 46.1. The molecule has 0 spiro atoms. The number of rotatable bonds is 12. The third-order valence-corrected chi connectivity index (χ3v) is 16.5. The van der Waals surface area contributed by atoms with Crippen molar-refractivity contribution in [2.45, 2.75) is 113 Å². The van der Waals surface area contributed by atoms with Gasteiger partial charge in [-0.2, -0.15) is 13.2 Å². The number of aliphatic hydroxyl groups excluding tert-OH is 2. The molecule has 354 valence electrons. The second-order valence-electron chi connectivity index (χ2n) is 20.1. The van der Waals surface area contributed by atoms with Crippen LogP contribution in [-0.2, 0) is 17.3 Å². The normalized spacial score (nSPS) is 32.4. The number of aromatic hydroxyl groups is 1. The number of benzene rings is 2. The summed E-state index contributed by atoms with van der Waals surface area (Å²) in [5.74, 6) is 1.03. The molecule has 6 N–H and O–H groups in total. The lowest BCUT2D eigenvalue weighted by molar-refractivity contribution is -0.148. The first-order chi connectivity index (χ1) is 31.2. The number of aryl methyl sites for hydroxylation is 1. The number of piperidine rings is 1. The minimum atomic E-state index is -4.70. The van der Waals surface area contributed by atoms with Gasteiger partial charge in [0.05, 0.1) is 24.4 Å². The molecule has 4 heterocycles. The third-order valence-electron chi connectivity index (χ3n) is 16.5. The summed E-state index contributed by atoms with van der Waals surface area (Å²) in [5, 5.41) is 49.7. The zero-order valence-corrected chi connectivity index (χ0v) is 37.4. The molecular formula is C49H66F3N7O6. The zero-order chi connectivity index (χ0) is 45.5. The van der Waals surface area contributed by atoms with Crippen LogP contribution in [0.1, 0.15) is 97.9 Å². The van der Waals surface area contributed by atoms with E-state index in [1.807, 2.05) is 36.4 Å². The van der Waals surface area contributed by atoms with Gasteiger partial charge in [0.1, 0.15) is 23.8 Å². The Hall–Kier alpha value is -4.06. The number of fused-ring (bicyclic) bond motifs is 5. The molecule has 0 radical (unpaired) electrons. The SMILES string of the molecule is C[C@]12CC[C@@H]3c4ccc(O)cc4CC[C@H]3[C@@H]1CC[C@@]2(O)CCCNC(=O)c1ccc(N2CCC(CN3CCN(C[C@H]4OC[C@H](Nc5ccnc(C(F)(F)F)n5)[C@@H](O)[C@H]4O)CC3)CC2)cc1. The highest BCUT2D eigenvalue weighted by Gasteiger charge is 2.61. The summed E-state index contributed by atoms with van der Waals surface area (Å²) in [6, 6.07) is 14.3. The Morgan fingerprint density at radius 1 is 0.908 bits per heavy atom. The van der Waals surface area contributed by atoms with Crippen molar-refractivity contribution in [1.82, 2.24) is 25.1 Å². The highest BCUT2D eigenvalue weighted by molar-refractivity contribution is 5.94. The minimum Gasteiger partial charge on any atom is -0.508 e. The summed E-state index contributed by atoms with van der Waals surface area (Å²) >= 11 is 0. The Balaban J connectivity index is 0.661. The predicted octanol–water partition coefficient (Wildman–Crippen LogP) is 5.43. The van der Waals surface area contributed by atoms with Gasteiger partial charge in [-0.1, -0.05) is 13.0 Å². The molecule has 1 amide bonds. The highest BCUT2D eigenvalue weighted by atomic mass is 19.4. The van der Waals surface area contributed by atoms with Gasteiger partial charge in [-0.3, -0.25) is 9.69 Å². The Morgan fingerprint density at radius 2 is 1.65 bits per heavy atom. The lowest BCUT2D eigenvalue weighted by Gasteiger charge is -2.53. The van der Waals surface area contributed by atoms with Crippen LogP contribution < -0.4 is 15.5 Å². The second-order valence-corrected chi connectivity index (χ2v) is 20.1. The number of carbonyl (C=O) groups is 1. The minimum absolute atomic E-state index is 0.00658. The Labute approximate surface area is 379 Å². The van der Waals surface area contributed by atoms with E-state index in [1.165, 1.54) is 17.2 Å². The number of anilines is 2. The van der Waals surface area contributed by atoms with Crippen molar-refractivity contribution in [3.05, 3.63) is 77.2 Å². The van der Waals surface area contributed by atoms with E-state index in [9.17, 15) is 38.4 Å². The number of nitrogens with one attached hydrogen (secondary N) is 2. The van der Waals surface area contributed by atoms with Crippen LogP contribution >= 0.6 is 0 Å². The van der Waals surface area contributed by atoms with Crippen LogP contribution in [0.25, 0.3) is 0 Å². The number of hydrogen-bond acceptors (Lipinski definition) is 12. The Morgan fingerprint density at radius 3 is 2.38 bits per heavy atom. The molecule has 1 aromatic heterocycles. The van der Waals surface area contributed by atoms with Gasteiger partial charge in [-0.15, -0.1) is 0 Å². The monoisotopic (exact) mass is 906 g/mol. The summed E-state index contributed by atoms with van der Waals surface area (Å²) in [7, 11) is 0. The van der Waals surface area contributed by atoms with E-state index < -0.39 is 42.0 Å². The van der Waals surface area contributed by atoms with Crippen LogP contribution in [0.3, 0.4) is 0 Å². The fourth-order valence-corrected chi connectivity index (χ4v) is 12.7. The number of nitrogens with zero attached hydrogens (tertiary/aromatic N) is 5. The quantitative estimate of drug-likeness (QED) is 0.128. The van der Waals surface area contributed by atoms with Crippen LogP contribution in [0.2, 0.25) is 0 Å². The number of aromatic nitrogens is 2. The maximum Gasteiger partial charge on any atom is 0.451 e. The summed E-state index contributed by atoms with van der Waals surface area (Å²) in [5.41, 5.74) is 3.63. The molecule has 2 saturated carbocycles. The van der Waals surface area contributed by atoms with Gasteiger partial charge in [0, 0.05) is 76.4 Å². The summed E-state index contributed by atoms with van der Waals surface area (Å²) in [6.07, 6.45) is 2.86.